The fraction of sp³-hybridized carbons (Fsp3) is 0.111. The van der Waals surface area contributed by atoms with Gasteiger partial charge < -0.3 is 4.84 Å². The van der Waals surface area contributed by atoms with Crippen molar-refractivity contribution in [2.45, 2.75) is 6.92 Å². The number of nitro benzene ring substituents is 1. The minimum atomic E-state index is -0.610. The Hall–Kier alpha value is -4.08. The topological polar surface area (TPSA) is 129 Å². The van der Waals surface area contributed by atoms with Gasteiger partial charge in [0.2, 0.25) is 0 Å². The van der Waals surface area contributed by atoms with Crippen molar-refractivity contribution in [3.05, 3.63) is 80.4 Å². The van der Waals surface area contributed by atoms with Crippen LogP contribution in [0.4, 0.5) is 5.69 Å². The zero-order valence-corrected chi connectivity index (χ0v) is 14.7. The standard InChI is InChI=1S/C18H15N5O5/c1-12-20-16-8-3-2-7-15(16)18(25)22(12)28-11-17(24)21-19-10-13-5-4-6-14(9-13)23(26)27/h2-10H,11H2,1H3,(H,21,24)/b19-10+. The van der Waals surface area contributed by atoms with E-state index >= 15 is 0 Å². The van der Waals surface area contributed by atoms with Gasteiger partial charge in [0.1, 0.15) is 5.82 Å². The fourth-order valence-electron chi connectivity index (χ4n) is 2.43. The van der Waals surface area contributed by atoms with E-state index in [4.69, 9.17) is 4.84 Å². The van der Waals surface area contributed by atoms with Crippen LogP contribution in [0.2, 0.25) is 0 Å². The van der Waals surface area contributed by atoms with Crippen LogP contribution in [-0.2, 0) is 4.79 Å². The van der Waals surface area contributed by atoms with Gasteiger partial charge in [-0.1, -0.05) is 24.3 Å². The lowest BCUT2D eigenvalue weighted by molar-refractivity contribution is -0.384. The first-order valence-corrected chi connectivity index (χ1v) is 8.14. The molecule has 1 aromatic heterocycles. The molecule has 0 spiro atoms. The molecule has 3 rings (SSSR count). The van der Waals surface area contributed by atoms with Gasteiger partial charge in [0.05, 0.1) is 22.0 Å². The first kappa shape index (κ1) is 18.7. The van der Waals surface area contributed by atoms with Gasteiger partial charge in [0, 0.05) is 17.7 Å². The van der Waals surface area contributed by atoms with E-state index in [1.54, 1.807) is 37.3 Å². The van der Waals surface area contributed by atoms with Crippen molar-refractivity contribution in [2.24, 2.45) is 5.10 Å². The highest BCUT2D eigenvalue weighted by molar-refractivity contribution is 5.83. The number of carbonyl (C=O) groups is 1. The number of nitrogens with zero attached hydrogens (tertiary/aromatic N) is 4. The second-order valence-corrected chi connectivity index (χ2v) is 5.69. The Bertz CT molecular complexity index is 1140. The van der Waals surface area contributed by atoms with Crippen LogP contribution in [0.3, 0.4) is 0 Å². The number of hydrazone groups is 1. The fourth-order valence-corrected chi connectivity index (χ4v) is 2.43. The number of nitrogens with one attached hydrogen (secondary N) is 1. The molecule has 1 heterocycles. The number of amides is 1. The molecule has 142 valence electrons. The molecule has 0 saturated heterocycles. The molecule has 0 atom stereocenters. The summed E-state index contributed by atoms with van der Waals surface area (Å²) in [6.45, 7) is 1.12. The lowest BCUT2D eigenvalue weighted by Gasteiger charge is -2.11. The summed E-state index contributed by atoms with van der Waals surface area (Å²) in [6, 6.07) is 12.6. The van der Waals surface area contributed by atoms with Crippen LogP contribution in [0.5, 0.6) is 0 Å². The Labute approximate surface area is 158 Å². The second kappa shape index (κ2) is 8.08. The van der Waals surface area contributed by atoms with Crippen molar-refractivity contribution in [3.63, 3.8) is 0 Å². The van der Waals surface area contributed by atoms with E-state index in [0.717, 1.165) is 4.73 Å². The van der Waals surface area contributed by atoms with Gasteiger partial charge in [-0.3, -0.25) is 19.7 Å². The summed E-state index contributed by atoms with van der Waals surface area (Å²) in [5, 5.41) is 14.8. The molecule has 3 aromatic rings. The van der Waals surface area contributed by atoms with E-state index < -0.39 is 23.0 Å². The summed E-state index contributed by atoms with van der Waals surface area (Å²) in [5.41, 5.74) is 2.70. The number of aromatic nitrogens is 2. The van der Waals surface area contributed by atoms with Crippen molar-refractivity contribution in [2.75, 3.05) is 6.61 Å². The summed E-state index contributed by atoms with van der Waals surface area (Å²) < 4.78 is 0.951. The second-order valence-electron chi connectivity index (χ2n) is 5.69. The third-order valence-corrected chi connectivity index (χ3v) is 3.70. The molecule has 0 aliphatic rings. The molecule has 10 nitrogen and oxygen atoms in total. The Balaban J connectivity index is 1.63. The summed E-state index contributed by atoms with van der Waals surface area (Å²) >= 11 is 0. The zero-order valence-electron chi connectivity index (χ0n) is 14.7. The Kier molecular flexibility index (Phi) is 5.40. The van der Waals surface area contributed by atoms with Crippen molar-refractivity contribution in [1.29, 1.82) is 0 Å². The van der Waals surface area contributed by atoms with Crippen LogP contribution in [0.25, 0.3) is 10.9 Å². The highest BCUT2D eigenvalue weighted by Gasteiger charge is 2.10. The van der Waals surface area contributed by atoms with Crippen molar-refractivity contribution in [1.82, 2.24) is 15.1 Å². The molecule has 0 aliphatic heterocycles. The van der Waals surface area contributed by atoms with Crippen LogP contribution in [0, 0.1) is 17.0 Å². The maximum absolute atomic E-state index is 12.4. The molecule has 1 amide bonds. The number of fused-ring (bicyclic) bond motifs is 1. The third-order valence-electron chi connectivity index (χ3n) is 3.70. The number of benzene rings is 2. The highest BCUT2D eigenvalue weighted by atomic mass is 16.7. The minimum Gasteiger partial charge on any atom is -0.399 e. The smallest absolute Gasteiger partial charge is 0.294 e. The molecule has 1 N–H and O–H groups in total. The zero-order chi connectivity index (χ0) is 20.1. The average Bonchev–Trinajstić information content (AvgIpc) is 2.68. The molecule has 10 heteroatoms. The highest BCUT2D eigenvalue weighted by Crippen LogP contribution is 2.11. The number of hydrogen-bond donors (Lipinski definition) is 1. The van der Waals surface area contributed by atoms with E-state index in [0.29, 0.717) is 22.3 Å². The van der Waals surface area contributed by atoms with Gasteiger partial charge in [-0.2, -0.15) is 5.10 Å². The van der Waals surface area contributed by atoms with Gasteiger partial charge in [-0.05, 0) is 19.1 Å². The van der Waals surface area contributed by atoms with E-state index in [9.17, 15) is 19.7 Å². The Morgan fingerprint density at radius 1 is 1.32 bits per heavy atom. The lowest BCUT2D eigenvalue weighted by atomic mass is 10.2. The Morgan fingerprint density at radius 2 is 2.11 bits per heavy atom. The quantitative estimate of drug-likeness (QED) is 0.388. The summed E-state index contributed by atoms with van der Waals surface area (Å²) in [5.74, 6) is -0.308. The van der Waals surface area contributed by atoms with Gasteiger partial charge >= 0.3 is 0 Å². The SMILES string of the molecule is Cc1nc2ccccc2c(=O)n1OCC(=O)N/N=C/c1cccc([N+](=O)[O-])c1. The molecular weight excluding hydrogens is 366 g/mol. The molecule has 0 saturated carbocycles. The molecule has 0 unspecified atom stereocenters. The molecule has 0 radical (unpaired) electrons. The first-order valence-electron chi connectivity index (χ1n) is 8.14. The number of carbonyl (C=O) groups excluding carboxylic acids is 1. The maximum Gasteiger partial charge on any atom is 0.294 e. The summed E-state index contributed by atoms with van der Waals surface area (Å²) in [7, 11) is 0. The van der Waals surface area contributed by atoms with Crippen LogP contribution in [0.1, 0.15) is 11.4 Å². The van der Waals surface area contributed by atoms with Crippen LogP contribution >= 0.6 is 0 Å². The number of non-ortho nitro benzene ring substituents is 1. The molecular formula is C18H15N5O5. The number of rotatable bonds is 6. The average molecular weight is 381 g/mol. The van der Waals surface area contributed by atoms with Gasteiger partial charge in [0.25, 0.3) is 17.2 Å². The van der Waals surface area contributed by atoms with Crippen molar-refractivity contribution < 1.29 is 14.6 Å². The lowest BCUT2D eigenvalue weighted by Crippen LogP contribution is -2.35. The van der Waals surface area contributed by atoms with E-state index in [-0.39, 0.29) is 5.69 Å². The van der Waals surface area contributed by atoms with E-state index in [2.05, 4.69) is 15.5 Å². The Morgan fingerprint density at radius 3 is 2.89 bits per heavy atom. The number of nitro groups is 1. The summed E-state index contributed by atoms with van der Waals surface area (Å²) in [6.07, 6.45) is 1.26. The monoisotopic (exact) mass is 381 g/mol. The van der Waals surface area contributed by atoms with Crippen LogP contribution < -0.4 is 15.8 Å². The molecule has 0 aliphatic carbocycles. The summed E-state index contributed by atoms with van der Waals surface area (Å²) in [4.78, 5) is 44.0. The third kappa shape index (κ3) is 4.18. The minimum absolute atomic E-state index is 0.0859. The predicted molar refractivity (Wildman–Crippen MR) is 101 cm³/mol. The number of aryl methyl sites for hydroxylation is 1. The normalized spacial score (nSPS) is 10.9. The van der Waals surface area contributed by atoms with E-state index in [1.807, 2.05) is 0 Å². The van der Waals surface area contributed by atoms with E-state index in [1.165, 1.54) is 24.4 Å². The number of para-hydroxylation sites is 1. The maximum atomic E-state index is 12.4. The van der Waals surface area contributed by atoms with Crippen LogP contribution in [-0.4, -0.2) is 33.4 Å². The molecule has 28 heavy (non-hydrogen) atoms. The van der Waals surface area contributed by atoms with Crippen molar-refractivity contribution >= 4 is 28.7 Å². The van der Waals surface area contributed by atoms with Crippen LogP contribution in [0.15, 0.2) is 58.4 Å². The number of hydrogen-bond acceptors (Lipinski definition) is 7. The predicted octanol–water partition coefficient (Wildman–Crippen LogP) is 1.19. The van der Waals surface area contributed by atoms with Crippen molar-refractivity contribution in [3.8, 4) is 0 Å². The molecule has 0 bridgehead atoms. The van der Waals surface area contributed by atoms with Gasteiger partial charge in [0.15, 0.2) is 6.61 Å². The largest absolute Gasteiger partial charge is 0.399 e. The molecule has 2 aromatic carbocycles. The first-order chi connectivity index (χ1) is 13.5. The van der Waals surface area contributed by atoms with Gasteiger partial charge in [-0.25, -0.2) is 10.4 Å². The van der Waals surface area contributed by atoms with Gasteiger partial charge in [-0.15, -0.1) is 4.73 Å². The molecule has 0 fully saturated rings.